The molecule has 0 bridgehead atoms. The van der Waals surface area contributed by atoms with Crippen molar-refractivity contribution in [1.82, 2.24) is 15.1 Å². The second-order valence-corrected chi connectivity index (χ2v) is 4.46. The van der Waals surface area contributed by atoms with Gasteiger partial charge < -0.3 is 10.1 Å². The van der Waals surface area contributed by atoms with Gasteiger partial charge >= 0.3 is 5.97 Å². The van der Waals surface area contributed by atoms with Crippen molar-refractivity contribution in [1.29, 1.82) is 0 Å². The molecule has 1 heterocycles. The van der Waals surface area contributed by atoms with E-state index in [9.17, 15) is 4.79 Å². The highest BCUT2D eigenvalue weighted by Gasteiger charge is 2.22. The number of nitrogens with one attached hydrogen (secondary N) is 1. The van der Waals surface area contributed by atoms with Crippen molar-refractivity contribution in [3.8, 4) is 5.69 Å². The zero-order valence-corrected chi connectivity index (χ0v) is 11.7. The van der Waals surface area contributed by atoms with Crippen LogP contribution in [0, 0.1) is 0 Å². The van der Waals surface area contributed by atoms with Crippen LogP contribution < -0.4 is 5.32 Å². The molecule has 106 valence electrons. The summed E-state index contributed by atoms with van der Waals surface area (Å²) >= 11 is 0. The van der Waals surface area contributed by atoms with E-state index >= 15 is 0 Å². The summed E-state index contributed by atoms with van der Waals surface area (Å²) in [6, 6.07) is 9.30. The number of hydrogen-bond donors (Lipinski definition) is 1. The van der Waals surface area contributed by atoms with E-state index in [0.717, 1.165) is 24.2 Å². The van der Waals surface area contributed by atoms with E-state index in [-0.39, 0.29) is 5.97 Å². The smallest absolute Gasteiger partial charge is 0.327 e. The number of carbonyl (C=O) groups excluding carboxylic acids is 1. The van der Waals surface area contributed by atoms with E-state index in [4.69, 9.17) is 4.74 Å². The molecular weight excluding hydrogens is 254 g/mol. The molecule has 1 aromatic carbocycles. The third-order valence-electron chi connectivity index (χ3n) is 2.99. The van der Waals surface area contributed by atoms with Crippen LogP contribution >= 0.6 is 0 Å². The number of benzene rings is 1. The van der Waals surface area contributed by atoms with Crippen molar-refractivity contribution < 1.29 is 9.53 Å². The largest absolute Gasteiger partial charge is 0.468 e. The minimum atomic E-state index is -0.475. The topological polar surface area (TPSA) is 56.1 Å². The maximum absolute atomic E-state index is 11.8. The first-order valence-electron chi connectivity index (χ1n) is 6.67. The minimum Gasteiger partial charge on any atom is -0.468 e. The van der Waals surface area contributed by atoms with E-state index in [1.165, 1.54) is 7.11 Å². The number of para-hydroxylation sites is 1. The molecular formula is C15H19N3O2. The Morgan fingerprint density at radius 1 is 1.40 bits per heavy atom. The highest BCUT2D eigenvalue weighted by Crippen LogP contribution is 2.16. The fourth-order valence-corrected chi connectivity index (χ4v) is 1.95. The van der Waals surface area contributed by atoms with E-state index in [2.05, 4.69) is 17.3 Å². The van der Waals surface area contributed by atoms with Crippen LogP contribution in [-0.2, 0) is 9.53 Å². The molecule has 1 unspecified atom stereocenters. The van der Waals surface area contributed by atoms with Gasteiger partial charge in [0.25, 0.3) is 0 Å². The molecule has 0 radical (unpaired) electrons. The third kappa shape index (κ3) is 3.24. The highest BCUT2D eigenvalue weighted by molar-refractivity contribution is 5.77. The zero-order valence-electron chi connectivity index (χ0n) is 11.7. The SMILES string of the molecule is CCCNC(C(=O)OC)c1cnn(-c2ccccc2)c1. The fourth-order valence-electron chi connectivity index (χ4n) is 1.95. The average Bonchev–Trinajstić information content (AvgIpc) is 2.98. The molecule has 5 heteroatoms. The molecule has 2 aromatic rings. The van der Waals surface area contributed by atoms with Gasteiger partial charge in [-0.3, -0.25) is 0 Å². The summed E-state index contributed by atoms with van der Waals surface area (Å²) in [5, 5.41) is 7.47. The molecule has 1 atom stereocenters. The Morgan fingerprint density at radius 3 is 2.80 bits per heavy atom. The van der Waals surface area contributed by atoms with Crippen LogP contribution in [0.4, 0.5) is 0 Å². The van der Waals surface area contributed by atoms with Crippen LogP contribution in [0.5, 0.6) is 0 Å². The monoisotopic (exact) mass is 273 g/mol. The first-order valence-corrected chi connectivity index (χ1v) is 6.67. The van der Waals surface area contributed by atoms with Crippen molar-refractivity contribution >= 4 is 5.97 Å². The molecule has 0 amide bonds. The standard InChI is InChI=1S/C15H19N3O2/c1-3-9-16-14(15(19)20-2)12-10-17-18(11-12)13-7-5-4-6-8-13/h4-8,10-11,14,16H,3,9H2,1-2H3. The van der Waals surface area contributed by atoms with Crippen molar-refractivity contribution in [2.75, 3.05) is 13.7 Å². The van der Waals surface area contributed by atoms with Crippen LogP contribution in [0.3, 0.4) is 0 Å². The number of esters is 1. The molecule has 1 aromatic heterocycles. The normalized spacial score (nSPS) is 12.1. The Labute approximate surface area is 118 Å². The maximum Gasteiger partial charge on any atom is 0.327 e. The Kier molecular flexibility index (Phi) is 4.90. The Morgan fingerprint density at radius 2 is 2.15 bits per heavy atom. The summed E-state index contributed by atoms with van der Waals surface area (Å²) in [5.41, 5.74) is 1.76. The lowest BCUT2D eigenvalue weighted by Crippen LogP contribution is -2.29. The lowest BCUT2D eigenvalue weighted by Gasteiger charge is -2.14. The molecule has 0 saturated carbocycles. The quantitative estimate of drug-likeness (QED) is 0.819. The van der Waals surface area contributed by atoms with Crippen LogP contribution in [-0.4, -0.2) is 29.4 Å². The number of methoxy groups -OCH3 is 1. The van der Waals surface area contributed by atoms with E-state index in [1.807, 2.05) is 36.5 Å². The highest BCUT2D eigenvalue weighted by atomic mass is 16.5. The van der Waals surface area contributed by atoms with Crippen molar-refractivity contribution in [3.63, 3.8) is 0 Å². The molecule has 0 saturated heterocycles. The summed E-state index contributed by atoms with van der Waals surface area (Å²) < 4.78 is 6.59. The maximum atomic E-state index is 11.8. The summed E-state index contributed by atoms with van der Waals surface area (Å²) in [6.07, 6.45) is 4.48. The first kappa shape index (κ1) is 14.3. The van der Waals surface area contributed by atoms with E-state index < -0.39 is 6.04 Å². The Bertz CT molecular complexity index is 551. The molecule has 0 fully saturated rings. The summed E-state index contributed by atoms with van der Waals surface area (Å²) in [4.78, 5) is 11.8. The lowest BCUT2D eigenvalue weighted by atomic mass is 10.1. The Hall–Kier alpha value is -2.14. The molecule has 0 aliphatic rings. The van der Waals surface area contributed by atoms with E-state index in [0.29, 0.717) is 0 Å². The Balaban J connectivity index is 2.22. The number of nitrogens with zero attached hydrogens (tertiary/aromatic N) is 2. The number of aromatic nitrogens is 2. The van der Waals surface area contributed by atoms with Crippen molar-refractivity contribution in [3.05, 3.63) is 48.3 Å². The van der Waals surface area contributed by atoms with Gasteiger partial charge in [-0.2, -0.15) is 5.10 Å². The van der Waals surface area contributed by atoms with Gasteiger partial charge in [0.1, 0.15) is 6.04 Å². The predicted molar refractivity (Wildman–Crippen MR) is 76.6 cm³/mol. The van der Waals surface area contributed by atoms with Gasteiger partial charge in [0, 0.05) is 11.8 Å². The van der Waals surface area contributed by atoms with Gasteiger partial charge in [0.15, 0.2) is 0 Å². The number of rotatable bonds is 6. The predicted octanol–water partition coefficient (Wildman–Crippen LogP) is 2.09. The molecule has 0 spiro atoms. The third-order valence-corrected chi connectivity index (χ3v) is 2.99. The molecule has 20 heavy (non-hydrogen) atoms. The second-order valence-electron chi connectivity index (χ2n) is 4.46. The fraction of sp³-hybridized carbons (Fsp3) is 0.333. The van der Waals surface area contributed by atoms with E-state index in [1.54, 1.807) is 10.9 Å². The lowest BCUT2D eigenvalue weighted by molar-refractivity contribution is -0.143. The number of ether oxygens (including phenoxy) is 1. The number of hydrogen-bond acceptors (Lipinski definition) is 4. The number of carbonyl (C=O) groups is 1. The van der Waals surface area contributed by atoms with Gasteiger partial charge in [0.05, 0.1) is 19.0 Å². The van der Waals surface area contributed by atoms with Gasteiger partial charge in [-0.05, 0) is 25.1 Å². The summed E-state index contributed by atoms with van der Waals surface area (Å²) in [6.45, 7) is 2.80. The van der Waals surface area contributed by atoms with Crippen LogP contribution in [0.15, 0.2) is 42.7 Å². The van der Waals surface area contributed by atoms with Crippen LogP contribution in [0.2, 0.25) is 0 Å². The molecule has 5 nitrogen and oxygen atoms in total. The zero-order chi connectivity index (χ0) is 14.4. The first-order chi connectivity index (χ1) is 9.76. The molecule has 0 aliphatic carbocycles. The van der Waals surface area contributed by atoms with Gasteiger partial charge in [-0.25, -0.2) is 9.48 Å². The average molecular weight is 273 g/mol. The summed E-state index contributed by atoms with van der Waals surface area (Å²) in [5.74, 6) is -0.300. The van der Waals surface area contributed by atoms with Gasteiger partial charge in [-0.1, -0.05) is 25.1 Å². The molecule has 2 rings (SSSR count). The van der Waals surface area contributed by atoms with Crippen LogP contribution in [0.1, 0.15) is 24.9 Å². The van der Waals surface area contributed by atoms with Gasteiger partial charge in [-0.15, -0.1) is 0 Å². The molecule has 0 aliphatic heterocycles. The summed E-state index contributed by atoms with van der Waals surface area (Å²) in [7, 11) is 1.39. The van der Waals surface area contributed by atoms with Crippen molar-refractivity contribution in [2.45, 2.75) is 19.4 Å². The molecule has 1 N–H and O–H groups in total. The second kappa shape index (κ2) is 6.86. The van der Waals surface area contributed by atoms with Crippen LogP contribution in [0.25, 0.3) is 5.69 Å². The minimum absolute atomic E-state index is 0.300. The van der Waals surface area contributed by atoms with Gasteiger partial charge in [0.2, 0.25) is 0 Å². The van der Waals surface area contributed by atoms with Crippen molar-refractivity contribution in [2.24, 2.45) is 0 Å².